The smallest absolute Gasteiger partial charge is 0.409 e. The quantitative estimate of drug-likeness (QED) is 0.217. The molecule has 0 bridgehead atoms. The number of rotatable bonds is 6. The number of nitrogens with two attached hydrogens (primary N) is 1. The van der Waals surface area contributed by atoms with Gasteiger partial charge in [0.05, 0.1) is 0 Å². The lowest BCUT2D eigenvalue weighted by atomic mass is 10.2. The number of oxime groups is 1. The molecule has 0 saturated carbocycles. The zero-order chi connectivity index (χ0) is 11.9. The van der Waals surface area contributed by atoms with Crippen molar-refractivity contribution in [2.24, 2.45) is 10.9 Å². The summed E-state index contributed by atoms with van der Waals surface area (Å²) >= 11 is -0.0732. The van der Waals surface area contributed by atoms with Crippen LogP contribution in [0.25, 0.3) is 0 Å². The van der Waals surface area contributed by atoms with Gasteiger partial charge in [-0.3, -0.25) is 0 Å². The van der Waals surface area contributed by atoms with E-state index in [1.54, 1.807) is 6.92 Å². The van der Waals surface area contributed by atoms with Gasteiger partial charge in [0.15, 0.2) is 0 Å². The van der Waals surface area contributed by atoms with Crippen molar-refractivity contribution in [1.29, 1.82) is 0 Å². The lowest BCUT2D eigenvalue weighted by Gasteiger charge is -2.12. The molecule has 0 aromatic carbocycles. The molecule has 0 spiro atoms. The minimum absolute atomic E-state index is 0.0516. The van der Waals surface area contributed by atoms with Crippen molar-refractivity contribution < 1.29 is 18.4 Å². The predicted octanol–water partition coefficient (Wildman–Crippen LogP) is 1.35. The van der Waals surface area contributed by atoms with E-state index in [4.69, 9.17) is 10.9 Å². The Bertz CT molecular complexity index is 210. The second-order valence-electron chi connectivity index (χ2n) is 2.94. The summed E-state index contributed by atoms with van der Waals surface area (Å²) < 4.78 is 35.1. The monoisotopic (exact) mass is 245 g/mol. The van der Waals surface area contributed by atoms with Crippen molar-refractivity contribution in [3.8, 4) is 0 Å². The van der Waals surface area contributed by atoms with E-state index < -0.39 is 5.51 Å². The Labute approximate surface area is 90.1 Å². The maximum absolute atomic E-state index is 11.7. The van der Waals surface area contributed by atoms with E-state index in [1.165, 1.54) is 0 Å². The Morgan fingerprint density at radius 3 is 2.67 bits per heavy atom. The third kappa shape index (κ3) is 9.67. The van der Waals surface area contributed by atoms with Gasteiger partial charge in [0.1, 0.15) is 5.84 Å². The zero-order valence-corrected chi connectivity index (χ0v) is 9.03. The second kappa shape index (κ2) is 6.78. The molecule has 1 atom stereocenters. The first-order chi connectivity index (χ1) is 6.85. The molecule has 8 heteroatoms. The number of hydrogen-bond acceptors (Lipinski definition) is 4. The van der Waals surface area contributed by atoms with Crippen molar-refractivity contribution in [3.63, 3.8) is 0 Å². The molecule has 1 unspecified atom stereocenters. The van der Waals surface area contributed by atoms with Gasteiger partial charge in [-0.05, 0) is 18.7 Å². The minimum atomic E-state index is -4.18. The molecule has 0 aliphatic rings. The number of thioether (sulfide) groups is 1. The van der Waals surface area contributed by atoms with Crippen LogP contribution >= 0.6 is 11.8 Å². The first kappa shape index (κ1) is 14.4. The van der Waals surface area contributed by atoms with E-state index in [9.17, 15) is 13.2 Å². The average Bonchev–Trinajstić information content (AvgIpc) is 2.11. The van der Waals surface area contributed by atoms with E-state index in [2.05, 4.69) is 10.5 Å². The summed E-state index contributed by atoms with van der Waals surface area (Å²) in [6.45, 7) is 1.97. The van der Waals surface area contributed by atoms with Crippen LogP contribution in [-0.4, -0.2) is 34.9 Å². The van der Waals surface area contributed by atoms with Crippen LogP contribution in [0, 0.1) is 0 Å². The third-order valence-corrected chi connectivity index (χ3v) is 2.24. The van der Waals surface area contributed by atoms with E-state index in [-0.39, 0.29) is 35.9 Å². The molecule has 0 aliphatic carbocycles. The number of alkyl halides is 3. The highest BCUT2D eigenvalue weighted by Gasteiger charge is 2.27. The summed E-state index contributed by atoms with van der Waals surface area (Å²) in [5, 5.41) is 13.8. The fourth-order valence-electron chi connectivity index (χ4n) is 0.899. The van der Waals surface area contributed by atoms with Gasteiger partial charge in [0.25, 0.3) is 0 Å². The predicted molar refractivity (Wildman–Crippen MR) is 54.0 cm³/mol. The first-order valence-corrected chi connectivity index (χ1v) is 5.24. The van der Waals surface area contributed by atoms with E-state index in [0.717, 1.165) is 0 Å². The van der Waals surface area contributed by atoms with E-state index in [0.29, 0.717) is 6.42 Å². The highest BCUT2D eigenvalue weighted by molar-refractivity contribution is 8.00. The summed E-state index contributed by atoms with van der Waals surface area (Å²) in [7, 11) is 0. The van der Waals surface area contributed by atoms with Crippen LogP contribution in [0.1, 0.15) is 13.3 Å². The van der Waals surface area contributed by atoms with Crippen molar-refractivity contribution in [2.45, 2.75) is 24.9 Å². The molecule has 4 N–H and O–H groups in total. The Morgan fingerprint density at radius 2 is 2.20 bits per heavy atom. The number of halogens is 3. The van der Waals surface area contributed by atoms with Gasteiger partial charge >= 0.3 is 5.51 Å². The third-order valence-electron chi connectivity index (χ3n) is 1.50. The molecule has 0 radical (unpaired) electrons. The van der Waals surface area contributed by atoms with E-state index >= 15 is 0 Å². The van der Waals surface area contributed by atoms with Crippen LogP contribution in [-0.2, 0) is 0 Å². The van der Waals surface area contributed by atoms with Gasteiger partial charge in [-0.1, -0.05) is 5.16 Å². The minimum Gasteiger partial charge on any atom is -0.409 e. The summed E-state index contributed by atoms with van der Waals surface area (Å²) in [6.07, 6.45) is 0.299. The number of hydrogen-bond donors (Lipinski definition) is 3. The van der Waals surface area contributed by atoms with Crippen LogP contribution in [0.15, 0.2) is 5.16 Å². The number of amidine groups is 1. The summed E-state index contributed by atoms with van der Waals surface area (Å²) in [4.78, 5) is 0. The summed E-state index contributed by atoms with van der Waals surface area (Å²) in [6, 6.07) is -0.116. The average molecular weight is 245 g/mol. The van der Waals surface area contributed by atoms with Crippen molar-refractivity contribution in [3.05, 3.63) is 0 Å². The largest absolute Gasteiger partial charge is 0.441 e. The fraction of sp³-hybridized carbons (Fsp3) is 0.857. The highest BCUT2D eigenvalue weighted by atomic mass is 32.2. The fourth-order valence-corrected chi connectivity index (χ4v) is 1.35. The lowest BCUT2D eigenvalue weighted by Crippen LogP contribution is -2.32. The molecule has 90 valence electrons. The van der Waals surface area contributed by atoms with Crippen LogP contribution in [0.4, 0.5) is 13.2 Å². The molecule has 0 rings (SSSR count). The maximum atomic E-state index is 11.7. The van der Waals surface area contributed by atoms with Crippen LogP contribution < -0.4 is 11.1 Å². The first-order valence-electron chi connectivity index (χ1n) is 4.25. The van der Waals surface area contributed by atoms with Gasteiger partial charge in [0.2, 0.25) is 0 Å². The normalized spacial score (nSPS) is 15.3. The van der Waals surface area contributed by atoms with Crippen LogP contribution in [0.5, 0.6) is 0 Å². The maximum Gasteiger partial charge on any atom is 0.441 e. The molecule has 0 heterocycles. The topological polar surface area (TPSA) is 70.6 Å². The van der Waals surface area contributed by atoms with Gasteiger partial charge in [-0.2, -0.15) is 13.2 Å². The van der Waals surface area contributed by atoms with Crippen molar-refractivity contribution in [2.75, 3.05) is 12.3 Å². The Kier molecular flexibility index (Phi) is 6.50. The molecular weight excluding hydrogens is 231 g/mol. The number of nitrogens with one attached hydrogen (secondary N) is 1. The van der Waals surface area contributed by atoms with Crippen molar-refractivity contribution in [1.82, 2.24) is 5.32 Å². The Balaban J connectivity index is 3.52. The van der Waals surface area contributed by atoms with E-state index in [1.807, 2.05) is 0 Å². The summed E-state index contributed by atoms with van der Waals surface area (Å²) in [5.41, 5.74) is 1.04. The molecule has 4 nitrogen and oxygen atoms in total. The van der Waals surface area contributed by atoms with Crippen LogP contribution in [0.2, 0.25) is 0 Å². The molecule has 0 amide bonds. The molecule has 0 aromatic rings. The van der Waals surface area contributed by atoms with Crippen molar-refractivity contribution >= 4 is 17.6 Å². The molecular formula is C7H14F3N3OS. The lowest BCUT2D eigenvalue weighted by molar-refractivity contribution is -0.0327. The number of nitrogens with zero attached hydrogens (tertiary/aromatic N) is 1. The molecule has 0 saturated heterocycles. The van der Waals surface area contributed by atoms with Gasteiger partial charge in [-0.25, -0.2) is 0 Å². The summed E-state index contributed by atoms with van der Waals surface area (Å²) in [5.74, 6) is 0.00257. The molecule has 15 heavy (non-hydrogen) atoms. The SMILES string of the molecule is CC(CC(N)=NO)NCCSC(F)(F)F. The standard InChI is InChI=1S/C7H14F3N3OS/c1-5(4-6(11)13-14)12-2-3-15-7(8,9)10/h5,12,14H,2-4H2,1H3,(H2,11,13). The Morgan fingerprint density at radius 1 is 1.60 bits per heavy atom. The Hall–Kier alpha value is -0.630. The molecule has 0 fully saturated rings. The van der Waals surface area contributed by atoms with Gasteiger partial charge in [0, 0.05) is 24.8 Å². The van der Waals surface area contributed by atoms with Gasteiger partial charge in [-0.15, -0.1) is 0 Å². The van der Waals surface area contributed by atoms with Gasteiger partial charge < -0.3 is 16.3 Å². The second-order valence-corrected chi connectivity index (χ2v) is 4.10. The molecule has 0 aromatic heterocycles. The zero-order valence-electron chi connectivity index (χ0n) is 8.21. The van der Waals surface area contributed by atoms with Crippen LogP contribution in [0.3, 0.4) is 0 Å². The molecule has 0 aliphatic heterocycles. The highest BCUT2D eigenvalue weighted by Crippen LogP contribution is 2.29.